The van der Waals surface area contributed by atoms with Crippen LogP contribution in [0.15, 0.2) is 30.7 Å². The molecule has 16 heavy (non-hydrogen) atoms. The minimum absolute atomic E-state index is 0.0183. The molecule has 2 aromatic heterocycles. The number of hydrogen-bond acceptors (Lipinski definition) is 4. The molecule has 0 saturated heterocycles. The van der Waals surface area contributed by atoms with Crippen LogP contribution in [0, 0.1) is 10.1 Å². The summed E-state index contributed by atoms with van der Waals surface area (Å²) in [5, 5.41) is 10.8. The molecule has 0 radical (unpaired) electrons. The molecule has 82 valence electrons. The first-order valence-corrected chi connectivity index (χ1v) is 4.86. The third kappa shape index (κ3) is 1.65. The van der Waals surface area contributed by atoms with Crippen LogP contribution in [-0.2, 0) is 6.42 Å². The van der Waals surface area contributed by atoms with E-state index < -0.39 is 4.92 Å². The zero-order chi connectivity index (χ0) is 11.5. The predicted molar refractivity (Wildman–Crippen MR) is 57.4 cm³/mol. The number of pyridine rings is 1. The summed E-state index contributed by atoms with van der Waals surface area (Å²) in [6.45, 7) is 1.94. The number of nitro groups is 1. The fourth-order valence-electron chi connectivity index (χ4n) is 1.51. The Kier molecular flexibility index (Phi) is 2.63. The third-order valence-electron chi connectivity index (χ3n) is 2.22. The van der Waals surface area contributed by atoms with Crippen molar-refractivity contribution in [2.45, 2.75) is 13.3 Å². The maximum atomic E-state index is 10.8. The van der Waals surface area contributed by atoms with Crippen LogP contribution in [0.1, 0.15) is 12.7 Å². The zero-order valence-electron chi connectivity index (χ0n) is 8.70. The second-order valence-corrected chi connectivity index (χ2v) is 3.17. The van der Waals surface area contributed by atoms with Crippen molar-refractivity contribution in [3.63, 3.8) is 0 Å². The summed E-state index contributed by atoms with van der Waals surface area (Å²) in [5.74, 6) is 1.06. The molecule has 0 amide bonds. The van der Waals surface area contributed by atoms with E-state index in [1.165, 1.54) is 12.3 Å². The van der Waals surface area contributed by atoms with Crippen molar-refractivity contribution in [3.05, 3.63) is 46.7 Å². The summed E-state index contributed by atoms with van der Waals surface area (Å²) in [4.78, 5) is 18.5. The molecule has 0 bridgehead atoms. The van der Waals surface area contributed by atoms with Crippen LogP contribution in [-0.4, -0.2) is 19.5 Å². The van der Waals surface area contributed by atoms with Gasteiger partial charge in [0.1, 0.15) is 5.82 Å². The highest BCUT2D eigenvalue weighted by molar-refractivity contribution is 5.46. The van der Waals surface area contributed by atoms with Crippen molar-refractivity contribution in [2.24, 2.45) is 0 Å². The number of aromatic nitrogens is 3. The molecule has 0 N–H and O–H groups in total. The highest BCUT2D eigenvalue weighted by Gasteiger charge is 2.17. The zero-order valence-corrected chi connectivity index (χ0v) is 8.70. The summed E-state index contributed by atoms with van der Waals surface area (Å²) in [6, 6.07) is 2.98. The average molecular weight is 218 g/mol. The van der Waals surface area contributed by atoms with E-state index in [0.29, 0.717) is 12.2 Å². The Balaban J connectivity index is 2.60. The van der Waals surface area contributed by atoms with Crippen molar-refractivity contribution in [3.8, 4) is 5.82 Å². The van der Waals surface area contributed by atoms with Gasteiger partial charge in [0.25, 0.3) is 0 Å². The molecule has 6 nitrogen and oxygen atoms in total. The minimum atomic E-state index is -0.443. The molecule has 0 saturated carbocycles. The fraction of sp³-hybridized carbons (Fsp3) is 0.200. The predicted octanol–water partition coefficient (Wildman–Crippen LogP) is 1.74. The molecule has 0 fully saturated rings. The molecule has 0 spiro atoms. The molecule has 0 aliphatic carbocycles. The van der Waals surface area contributed by atoms with Gasteiger partial charge in [-0.1, -0.05) is 6.92 Å². The first-order valence-electron chi connectivity index (χ1n) is 4.86. The standard InChI is InChI=1S/C10H10N4O2/c1-2-9-11-6-7-13(9)10-8(14(15)16)4-3-5-12-10/h3-7H,2H2,1H3. The topological polar surface area (TPSA) is 73.8 Å². The normalized spacial score (nSPS) is 10.3. The second-order valence-electron chi connectivity index (χ2n) is 3.17. The van der Waals surface area contributed by atoms with Crippen molar-refractivity contribution >= 4 is 5.69 Å². The Hall–Kier alpha value is -2.24. The molecule has 2 heterocycles. The van der Waals surface area contributed by atoms with E-state index in [1.54, 1.807) is 23.0 Å². The van der Waals surface area contributed by atoms with Crippen molar-refractivity contribution < 1.29 is 4.92 Å². The lowest BCUT2D eigenvalue weighted by molar-refractivity contribution is -0.384. The highest BCUT2D eigenvalue weighted by atomic mass is 16.6. The fourth-order valence-corrected chi connectivity index (χ4v) is 1.51. The maximum Gasteiger partial charge on any atom is 0.312 e. The lowest BCUT2D eigenvalue weighted by Crippen LogP contribution is -2.05. The second kappa shape index (κ2) is 4.09. The van der Waals surface area contributed by atoms with E-state index in [9.17, 15) is 10.1 Å². The Labute approximate surface area is 91.7 Å². The van der Waals surface area contributed by atoms with Gasteiger partial charge in [0.05, 0.1) is 4.92 Å². The Morgan fingerprint density at radius 2 is 2.25 bits per heavy atom. The first kappa shape index (κ1) is 10.3. The lowest BCUT2D eigenvalue weighted by atomic mass is 10.3. The van der Waals surface area contributed by atoms with Gasteiger partial charge >= 0.3 is 5.69 Å². The van der Waals surface area contributed by atoms with Crippen LogP contribution in [0.25, 0.3) is 5.82 Å². The highest BCUT2D eigenvalue weighted by Crippen LogP contribution is 2.20. The molecule has 6 heteroatoms. The molecule has 0 atom stereocenters. The molecule has 0 aliphatic heterocycles. The molecule has 0 aliphatic rings. The Morgan fingerprint density at radius 3 is 2.94 bits per heavy atom. The van der Waals surface area contributed by atoms with Gasteiger partial charge in [-0.05, 0) is 6.07 Å². The van der Waals surface area contributed by atoms with Crippen molar-refractivity contribution in [1.82, 2.24) is 14.5 Å². The van der Waals surface area contributed by atoms with Crippen LogP contribution in [0.3, 0.4) is 0 Å². The van der Waals surface area contributed by atoms with Crippen LogP contribution in [0.2, 0.25) is 0 Å². The third-order valence-corrected chi connectivity index (χ3v) is 2.22. The van der Waals surface area contributed by atoms with Gasteiger partial charge in [0.15, 0.2) is 0 Å². The van der Waals surface area contributed by atoms with E-state index >= 15 is 0 Å². The summed E-state index contributed by atoms with van der Waals surface area (Å²) in [6.07, 6.45) is 5.51. The molecule has 2 rings (SSSR count). The number of hydrogen-bond donors (Lipinski definition) is 0. The SMILES string of the molecule is CCc1nccn1-c1ncccc1[N+](=O)[O-]. The van der Waals surface area contributed by atoms with Crippen molar-refractivity contribution in [2.75, 3.05) is 0 Å². The van der Waals surface area contributed by atoms with Gasteiger partial charge in [-0.2, -0.15) is 0 Å². The lowest BCUT2D eigenvalue weighted by Gasteiger charge is -2.05. The van der Waals surface area contributed by atoms with E-state index in [-0.39, 0.29) is 5.69 Å². The summed E-state index contributed by atoms with van der Waals surface area (Å²) in [5.41, 5.74) is -0.0183. The van der Waals surface area contributed by atoms with Crippen LogP contribution >= 0.6 is 0 Å². The summed E-state index contributed by atoms with van der Waals surface area (Å²) >= 11 is 0. The number of nitrogens with zero attached hydrogens (tertiary/aromatic N) is 4. The van der Waals surface area contributed by atoms with Crippen molar-refractivity contribution in [1.29, 1.82) is 0 Å². The largest absolute Gasteiger partial charge is 0.312 e. The van der Waals surface area contributed by atoms with E-state index in [1.807, 2.05) is 6.92 Å². The Bertz CT molecular complexity index is 521. The first-order chi connectivity index (χ1) is 7.74. The van der Waals surface area contributed by atoms with E-state index in [2.05, 4.69) is 9.97 Å². The average Bonchev–Trinajstić information content (AvgIpc) is 2.76. The maximum absolute atomic E-state index is 10.8. The molecule has 2 aromatic rings. The molecular formula is C10H10N4O2. The summed E-state index contributed by atoms with van der Waals surface area (Å²) in [7, 11) is 0. The molecular weight excluding hydrogens is 208 g/mol. The number of aryl methyl sites for hydroxylation is 1. The van der Waals surface area contributed by atoms with Gasteiger partial charge < -0.3 is 0 Å². The smallest absolute Gasteiger partial charge is 0.282 e. The van der Waals surface area contributed by atoms with E-state index in [4.69, 9.17) is 0 Å². The molecule has 0 aromatic carbocycles. The quantitative estimate of drug-likeness (QED) is 0.581. The minimum Gasteiger partial charge on any atom is -0.282 e. The monoisotopic (exact) mass is 218 g/mol. The van der Waals surface area contributed by atoms with Crippen LogP contribution in [0.4, 0.5) is 5.69 Å². The van der Waals surface area contributed by atoms with Gasteiger partial charge in [-0.3, -0.25) is 14.7 Å². The van der Waals surface area contributed by atoms with Gasteiger partial charge in [0, 0.05) is 31.1 Å². The van der Waals surface area contributed by atoms with Gasteiger partial charge in [0.2, 0.25) is 5.82 Å². The summed E-state index contributed by atoms with van der Waals surface area (Å²) < 4.78 is 1.64. The van der Waals surface area contributed by atoms with E-state index in [0.717, 1.165) is 5.82 Å². The molecule has 0 unspecified atom stereocenters. The Morgan fingerprint density at radius 1 is 1.44 bits per heavy atom. The van der Waals surface area contributed by atoms with Crippen LogP contribution in [0.5, 0.6) is 0 Å². The van der Waals surface area contributed by atoms with Gasteiger partial charge in [-0.15, -0.1) is 0 Å². The van der Waals surface area contributed by atoms with Gasteiger partial charge in [-0.25, -0.2) is 9.97 Å². The number of imidazole rings is 1. The number of rotatable bonds is 3. The van der Waals surface area contributed by atoms with Crippen LogP contribution < -0.4 is 0 Å².